The minimum atomic E-state index is -0.568. The first-order valence-electron chi connectivity index (χ1n) is 7.37. The summed E-state index contributed by atoms with van der Waals surface area (Å²) >= 11 is 0. The lowest BCUT2D eigenvalue weighted by Crippen LogP contribution is -2.51. The number of fused-ring (bicyclic) bond motifs is 1. The largest absolute Gasteiger partial charge is 0.478 e. The van der Waals surface area contributed by atoms with Gasteiger partial charge in [-0.1, -0.05) is 26.0 Å². The summed E-state index contributed by atoms with van der Waals surface area (Å²) in [5.41, 5.74) is 0.631. The number of rotatable bonds is 6. The summed E-state index contributed by atoms with van der Waals surface area (Å²) < 4.78 is 10.7. The van der Waals surface area contributed by atoms with Crippen molar-refractivity contribution < 1.29 is 19.1 Å². The molecule has 0 saturated heterocycles. The SMILES string of the molecule is COCCNC(=O)CN1C(=O)[C@@H](C(C)C)Oc2ccccc21. The van der Waals surface area contributed by atoms with Gasteiger partial charge >= 0.3 is 0 Å². The van der Waals surface area contributed by atoms with Crippen LogP contribution in [0.25, 0.3) is 0 Å². The van der Waals surface area contributed by atoms with E-state index in [1.807, 2.05) is 32.0 Å². The summed E-state index contributed by atoms with van der Waals surface area (Å²) in [5, 5.41) is 2.73. The third kappa shape index (κ3) is 3.57. The number of hydrogen-bond donors (Lipinski definition) is 1. The van der Waals surface area contributed by atoms with Crippen molar-refractivity contribution in [1.29, 1.82) is 0 Å². The first kappa shape index (κ1) is 16.3. The highest BCUT2D eigenvalue weighted by molar-refractivity contribution is 6.03. The van der Waals surface area contributed by atoms with Crippen molar-refractivity contribution in [2.24, 2.45) is 5.92 Å². The van der Waals surface area contributed by atoms with E-state index in [1.54, 1.807) is 13.2 Å². The highest BCUT2D eigenvalue weighted by atomic mass is 16.5. The Morgan fingerprint density at radius 1 is 1.41 bits per heavy atom. The lowest BCUT2D eigenvalue weighted by Gasteiger charge is -2.35. The van der Waals surface area contributed by atoms with Crippen LogP contribution in [-0.4, -0.2) is 44.7 Å². The van der Waals surface area contributed by atoms with Gasteiger partial charge in [0.05, 0.1) is 12.3 Å². The number of ether oxygens (including phenoxy) is 2. The summed E-state index contributed by atoms with van der Waals surface area (Å²) in [6, 6.07) is 7.27. The molecule has 0 spiro atoms. The van der Waals surface area contributed by atoms with Gasteiger partial charge in [-0.25, -0.2) is 0 Å². The number of hydrogen-bond acceptors (Lipinski definition) is 4. The summed E-state index contributed by atoms with van der Waals surface area (Å²) in [6.45, 7) is 4.68. The van der Waals surface area contributed by atoms with Gasteiger partial charge in [0, 0.05) is 13.7 Å². The second kappa shape index (κ2) is 7.26. The predicted molar refractivity (Wildman–Crippen MR) is 82.9 cm³/mol. The van der Waals surface area contributed by atoms with Gasteiger partial charge in [-0.2, -0.15) is 0 Å². The van der Waals surface area contributed by atoms with E-state index in [1.165, 1.54) is 4.90 Å². The van der Waals surface area contributed by atoms with Crippen LogP contribution in [0.1, 0.15) is 13.8 Å². The Bertz CT molecular complexity index is 545. The van der Waals surface area contributed by atoms with Crippen molar-refractivity contribution in [3.05, 3.63) is 24.3 Å². The average Bonchev–Trinajstić information content (AvgIpc) is 2.50. The van der Waals surface area contributed by atoms with E-state index in [9.17, 15) is 9.59 Å². The van der Waals surface area contributed by atoms with Gasteiger partial charge in [0.25, 0.3) is 5.91 Å². The Labute approximate surface area is 130 Å². The summed E-state index contributed by atoms with van der Waals surface area (Å²) in [6.07, 6.45) is -0.568. The summed E-state index contributed by atoms with van der Waals surface area (Å²) in [5.74, 6) is 0.255. The molecule has 2 rings (SSSR count). The van der Waals surface area contributed by atoms with Crippen LogP contribution in [-0.2, 0) is 14.3 Å². The van der Waals surface area contributed by atoms with Crippen LogP contribution in [0.3, 0.4) is 0 Å². The number of anilines is 1. The van der Waals surface area contributed by atoms with Gasteiger partial charge in [0.15, 0.2) is 6.10 Å². The molecule has 1 aliphatic heterocycles. The molecule has 0 fully saturated rings. The molecule has 0 bridgehead atoms. The third-order valence-electron chi connectivity index (χ3n) is 3.45. The number of carbonyl (C=O) groups is 2. The van der Waals surface area contributed by atoms with Crippen molar-refractivity contribution in [3.63, 3.8) is 0 Å². The fraction of sp³-hybridized carbons (Fsp3) is 0.500. The quantitative estimate of drug-likeness (QED) is 0.802. The van der Waals surface area contributed by atoms with Crippen molar-refractivity contribution in [2.45, 2.75) is 20.0 Å². The molecule has 1 aromatic carbocycles. The minimum absolute atomic E-state index is 0.0217. The topological polar surface area (TPSA) is 67.9 Å². The average molecular weight is 306 g/mol. The standard InChI is InChI=1S/C16H22N2O4/c1-11(2)15-16(20)18(10-14(19)17-8-9-21-3)12-6-4-5-7-13(12)22-15/h4-7,11,15H,8-10H2,1-3H3,(H,17,19)/t15-/m1/s1. The molecule has 1 N–H and O–H groups in total. The molecular formula is C16H22N2O4. The van der Waals surface area contributed by atoms with Crippen LogP contribution >= 0.6 is 0 Å². The third-order valence-corrected chi connectivity index (χ3v) is 3.45. The van der Waals surface area contributed by atoms with Crippen molar-refractivity contribution in [1.82, 2.24) is 5.32 Å². The van der Waals surface area contributed by atoms with Crippen molar-refractivity contribution >= 4 is 17.5 Å². The number of nitrogens with zero attached hydrogens (tertiary/aromatic N) is 1. The minimum Gasteiger partial charge on any atom is -0.478 e. The second-order valence-electron chi connectivity index (χ2n) is 5.52. The van der Waals surface area contributed by atoms with E-state index < -0.39 is 6.10 Å². The number of para-hydroxylation sites is 2. The Morgan fingerprint density at radius 2 is 2.14 bits per heavy atom. The molecule has 1 aliphatic rings. The van der Waals surface area contributed by atoms with Crippen molar-refractivity contribution in [2.75, 3.05) is 31.7 Å². The molecular weight excluding hydrogens is 284 g/mol. The zero-order valence-corrected chi connectivity index (χ0v) is 13.2. The number of amides is 2. The van der Waals surface area contributed by atoms with E-state index in [0.717, 1.165) is 0 Å². The monoisotopic (exact) mass is 306 g/mol. The lowest BCUT2D eigenvalue weighted by molar-refractivity contribution is -0.130. The maximum absolute atomic E-state index is 12.6. The second-order valence-corrected chi connectivity index (χ2v) is 5.52. The van der Waals surface area contributed by atoms with E-state index >= 15 is 0 Å². The van der Waals surface area contributed by atoms with Crippen LogP contribution in [0.15, 0.2) is 24.3 Å². The van der Waals surface area contributed by atoms with Crippen LogP contribution in [0.2, 0.25) is 0 Å². The van der Waals surface area contributed by atoms with E-state index in [-0.39, 0.29) is 24.3 Å². The van der Waals surface area contributed by atoms with Crippen LogP contribution < -0.4 is 15.0 Å². The molecule has 1 atom stereocenters. The van der Waals surface area contributed by atoms with E-state index in [4.69, 9.17) is 9.47 Å². The molecule has 1 aromatic rings. The van der Waals surface area contributed by atoms with E-state index in [0.29, 0.717) is 24.6 Å². The highest BCUT2D eigenvalue weighted by Crippen LogP contribution is 2.35. The zero-order valence-electron chi connectivity index (χ0n) is 13.2. The molecule has 6 nitrogen and oxygen atoms in total. The maximum atomic E-state index is 12.6. The molecule has 0 aliphatic carbocycles. The molecule has 0 saturated carbocycles. The summed E-state index contributed by atoms with van der Waals surface area (Å²) in [4.78, 5) is 26.1. The Balaban J connectivity index is 2.16. The van der Waals surface area contributed by atoms with E-state index in [2.05, 4.69) is 5.32 Å². The molecule has 0 unspecified atom stereocenters. The first-order valence-corrected chi connectivity index (χ1v) is 7.37. The Hall–Kier alpha value is -2.08. The number of nitrogens with one attached hydrogen (secondary N) is 1. The fourth-order valence-corrected chi connectivity index (χ4v) is 2.32. The Kier molecular flexibility index (Phi) is 5.38. The van der Waals surface area contributed by atoms with Crippen LogP contribution in [0.5, 0.6) is 5.75 Å². The lowest BCUT2D eigenvalue weighted by atomic mass is 10.0. The molecule has 120 valence electrons. The van der Waals surface area contributed by atoms with Gasteiger partial charge in [-0.3, -0.25) is 14.5 Å². The van der Waals surface area contributed by atoms with Gasteiger partial charge in [-0.05, 0) is 18.1 Å². The highest BCUT2D eigenvalue weighted by Gasteiger charge is 2.36. The normalized spacial score (nSPS) is 17.2. The van der Waals surface area contributed by atoms with Gasteiger partial charge in [0.2, 0.25) is 5.91 Å². The number of benzene rings is 1. The van der Waals surface area contributed by atoms with Gasteiger partial charge in [0.1, 0.15) is 12.3 Å². The first-order chi connectivity index (χ1) is 10.5. The number of carbonyl (C=O) groups excluding carboxylic acids is 2. The van der Waals surface area contributed by atoms with Crippen LogP contribution in [0.4, 0.5) is 5.69 Å². The summed E-state index contributed by atoms with van der Waals surface area (Å²) in [7, 11) is 1.57. The number of methoxy groups -OCH3 is 1. The Morgan fingerprint density at radius 3 is 2.82 bits per heavy atom. The molecule has 6 heteroatoms. The maximum Gasteiger partial charge on any atom is 0.268 e. The predicted octanol–water partition coefficient (Wildman–Crippen LogP) is 1.20. The fourth-order valence-electron chi connectivity index (χ4n) is 2.32. The smallest absolute Gasteiger partial charge is 0.268 e. The van der Waals surface area contributed by atoms with Gasteiger partial charge in [-0.15, -0.1) is 0 Å². The molecule has 2 amide bonds. The molecule has 0 radical (unpaired) electrons. The van der Waals surface area contributed by atoms with Gasteiger partial charge < -0.3 is 14.8 Å². The van der Waals surface area contributed by atoms with Crippen LogP contribution in [0, 0.1) is 5.92 Å². The molecule has 22 heavy (non-hydrogen) atoms. The molecule has 1 heterocycles. The zero-order chi connectivity index (χ0) is 16.1. The molecule has 0 aromatic heterocycles. The van der Waals surface area contributed by atoms with Crippen molar-refractivity contribution in [3.8, 4) is 5.75 Å².